The zero-order valence-corrected chi connectivity index (χ0v) is 15.9. The maximum Gasteiger partial charge on any atom is 0.206 e. The predicted molar refractivity (Wildman–Crippen MR) is 104 cm³/mol. The standard InChI is InChI=1S/C19H15BrFN3S/c1-12-11-25-19(22-12)24-18(14-2-6-15(20)7-3-14)10-17(23-24)13-4-8-16(21)9-5-13/h2-9,11,18H,10H2,1H3. The molecule has 0 saturated heterocycles. The van der Waals surface area contributed by atoms with Gasteiger partial charge in [-0.05, 0) is 42.3 Å². The number of anilines is 1. The highest BCUT2D eigenvalue weighted by atomic mass is 79.9. The highest BCUT2D eigenvalue weighted by Gasteiger charge is 2.31. The van der Waals surface area contributed by atoms with E-state index in [2.05, 4.69) is 33.0 Å². The van der Waals surface area contributed by atoms with Crippen LogP contribution >= 0.6 is 27.3 Å². The Bertz CT molecular complexity index is 919. The summed E-state index contributed by atoms with van der Waals surface area (Å²) in [5, 5.41) is 9.71. The van der Waals surface area contributed by atoms with Gasteiger partial charge in [-0.3, -0.25) is 0 Å². The summed E-state index contributed by atoms with van der Waals surface area (Å²) in [4.78, 5) is 4.60. The number of halogens is 2. The molecule has 1 aliphatic rings. The smallest absolute Gasteiger partial charge is 0.206 e. The van der Waals surface area contributed by atoms with Crippen molar-refractivity contribution in [3.63, 3.8) is 0 Å². The zero-order valence-electron chi connectivity index (χ0n) is 13.5. The first-order valence-corrected chi connectivity index (χ1v) is 9.57. The van der Waals surface area contributed by atoms with Crippen LogP contribution in [-0.4, -0.2) is 10.7 Å². The van der Waals surface area contributed by atoms with Gasteiger partial charge in [0.1, 0.15) is 5.82 Å². The lowest BCUT2D eigenvalue weighted by Crippen LogP contribution is -2.18. The molecular weight excluding hydrogens is 401 g/mol. The second-order valence-electron chi connectivity index (χ2n) is 5.94. The Morgan fingerprint density at radius 1 is 1.12 bits per heavy atom. The van der Waals surface area contributed by atoms with Gasteiger partial charge in [0.05, 0.1) is 17.4 Å². The summed E-state index contributed by atoms with van der Waals surface area (Å²) in [6, 6.07) is 14.9. The topological polar surface area (TPSA) is 28.5 Å². The number of benzene rings is 2. The number of aromatic nitrogens is 1. The summed E-state index contributed by atoms with van der Waals surface area (Å²) in [6.45, 7) is 1.98. The second kappa shape index (κ2) is 6.69. The molecule has 0 radical (unpaired) electrons. The summed E-state index contributed by atoms with van der Waals surface area (Å²) in [6.07, 6.45) is 0.756. The molecule has 1 aromatic heterocycles. The van der Waals surface area contributed by atoms with Crippen LogP contribution in [0.15, 0.2) is 63.5 Å². The third kappa shape index (κ3) is 3.37. The molecule has 2 heterocycles. The Hall–Kier alpha value is -2.05. The van der Waals surface area contributed by atoms with Crippen LogP contribution < -0.4 is 5.01 Å². The van der Waals surface area contributed by atoms with E-state index in [1.807, 2.05) is 29.4 Å². The van der Waals surface area contributed by atoms with E-state index in [4.69, 9.17) is 5.10 Å². The first-order valence-electron chi connectivity index (χ1n) is 7.90. The summed E-state index contributed by atoms with van der Waals surface area (Å²) < 4.78 is 14.3. The molecule has 1 unspecified atom stereocenters. The number of hydrogen-bond donors (Lipinski definition) is 0. The van der Waals surface area contributed by atoms with E-state index in [9.17, 15) is 4.39 Å². The Labute approximate surface area is 158 Å². The Morgan fingerprint density at radius 3 is 2.48 bits per heavy atom. The van der Waals surface area contributed by atoms with Gasteiger partial charge in [-0.2, -0.15) is 5.10 Å². The zero-order chi connectivity index (χ0) is 17.4. The summed E-state index contributed by atoms with van der Waals surface area (Å²) in [7, 11) is 0. The summed E-state index contributed by atoms with van der Waals surface area (Å²) in [5.74, 6) is -0.237. The molecule has 0 amide bonds. The lowest BCUT2D eigenvalue weighted by atomic mass is 9.99. The average molecular weight is 416 g/mol. The lowest BCUT2D eigenvalue weighted by Gasteiger charge is -2.21. The molecule has 0 spiro atoms. The molecule has 25 heavy (non-hydrogen) atoms. The predicted octanol–water partition coefficient (Wildman–Crippen LogP) is 5.71. The van der Waals surface area contributed by atoms with E-state index < -0.39 is 0 Å². The minimum atomic E-state index is -0.237. The van der Waals surface area contributed by atoms with E-state index in [-0.39, 0.29) is 11.9 Å². The Balaban J connectivity index is 1.73. The van der Waals surface area contributed by atoms with Gasteiger partial charge in [-0.1, -0.05) is 40.2 Å². The van der Waals surface area contributed by atoms with E-state index in [1.165, 1.54) is 17.7 Å². The molecule has 4 rings (SSSR count). The quantitative estimate of drug-likeness (QED) is 0.547. The van der Waals surface area contributed by atoms with E-state index in [0.29, 0.717) is 0 Å². The van der Waals surface area contributed by atoms with E-state index in [1.54, 1.807) is 23.5 Å². The van der Waals surface area contributed by atoms with Gasteiger partial charge in [0, 0.05) is 16.3 Å². The van der Waals surface area contributed by atoms with Crippen molar-refractivity contribution in [3.05, 3.63) is 81.0 Å². The van der Waals surface area contributed by atoms with Gasteiger partial charge < -0.3 is 0 Å². The Kier molecular flexibility index (Phi) is 4.39. The minimum Gasteiger partial charge on any atom is -0.231 e. The van der Waals surface area contributed by atoms with Crippen LogP contribution in [0.4, 0.5) is 9.52 Å². The fourth-order valence-corrected chi connectivity index (χ4v) is 3.96. The van der Waals surface area contributed by atoms with Crippen molar-refractivity contribution in [2.45, 2.75) is 19.4 Å². The second-order valence-corrected chi connectivity index (χ2v) is 7.69. The minimum absolute atomic E-state index is 0.0821. The van der Waals surface area contributed by atoms with Crippen molar-refractivity contribution in [1.29, 1.82) is 0 Å². The molecule has 1 atom stereocenters. The molecule has 0 saturated carbocycles. The highest BCUT2D eigenvalue weighted by molar-refractivity contribution is 9.10. The van der Waals surface area contributed by atoms with Crippen LogP contribution in [-0.2, 0) is 0 Å². The fourth-order valence-electron chi connectivity index (χ4n) is 2.89. The molecule has 126 valence electrons. The molecule has 1 aliphatic heterocycles. The van der Waals surface area contributed by atoms with Gasteiger partial charge in [0.25, 0.3) is 0 Å². The molecule has 3 nitrogen and oxygen atoms in total. The molecular formula is C19H15BrFN3S. The molecule has 0 aliphatic carbocycles. The first kappa shape index (κ1) is 16.4. The number of aryl methyl sites for hydroxylation is 1. The maximum absolute atomic E-state index is 13.2. The number of hydrogen-bond acceptors (Lipinski definition) is 4. The monoisotopic (exact) mass is 415 g/mol. The van der Waals surface area contributed by atoms with Gasteiger partial charge in [0.2, 0.25) is 5.13 Å². The van der Waals surface area contributed by atoms with Crippen molar-refractivity contribution < 1.29 is 4.39 Å². The van der Waals surface area contributed by atoms with Crippen molar-refractivity contribution in [1.82, 2.24) is 4.98 Å². The third-order valence-electron chi connectivity index (χ3n) is 4.15. The molecule has 3 aromatic rings. The summed E-state index contributed by atoms with van der Waals surface area (Å²) in [5.41, 5.74) is 4.05. The number of nitrogens with zero attached hydrogens (tertiary/aromatic N) is 3. The van der Waals surface area contributed by atoms with Gasteiger partial charge >= 0.3 is 0 Å². The van der Waals surface area contributed by atoms with E-state index >= 15 is 0 Å². The van der Waals surface area contributed by atoms with Gasteiger partial charge in [0.15, 0.2) is 0 Å². The van der Waals surface area contributed by atoms with Crippen LogP contribution in [0.25, 0.3) is 0 Å². The van der Waals surface area contributed by atoms with Crippen LogP contribution in [0.5, 0.6) is 0 Å². The van der Waals surface area contributed by atoms with Crippen LogP contribution in [0.1, 0.15) is 29.3 Å². The maximum atomic E-state index is 13.2. The normalized spacial score (nSPS) is 17.0. The fraction of sp³-hybridized carbons (Fsp3) is 0.158. The molecule has 2 aromatic carbocycles. The number of hydrazone groups is 1. The number of thiazole rings is 1. The third-order valence-corrected chi connectivity index (χ3v) is 5.62. The van der Waals surface area contributed by atoms with Crippen molar-refractivity contribution in [3.8, 4) is 0 Å². The van der Waals surface area contributed by atoms with Gasteiger partial charge in [-0.25, -0.2) is 14.4 Å². The van der Waals surface area contributed by atoms with Crippen LogP contribution in [0.2, 0.25) is 0 Å². The van der Waals surface area contributed by atoms with Crippen LogP contribution in [0, 0.1) is 12.7 Å². The molecule has 0 N–H and O–H groups in total. The average Bonchev–Trinajstić information content (AvgIpc) is 3.23. The Morgan fingerprint density at radius 2 is 1.84 bits per heavy atom. The van der Waals surface area contributed by atoms with Crippen molar-refractivity contribution in [2.75, 3.05) is 5.01 Å². The van der Waals surface area contributed by atoms with Crippen molar-refractivity contribution in [2.24, 2.45) is 5.10 Å². The molecule has 6 heteroatoms. The van der Waals surface area contributed by atoms with Crippen LogP contribution in [0.3, 0.4) is 0 Å². The molecule has 0 bridgehead atoms. The van der Waals surface area contributed by atoms with Crippen molar-refractivity contribution >= 4 is 38.1 Å². The highest BCUT2D eigenvalue weighted by Crippen LogP contribution is 2.38. The molecule has 0 fully saturated rings. The lowest BCUT2D eigenvalue weighted by molar-refractivity contribution is 0.627. The van der Waals surface area contributed by atoms with Gasteiger partial charge in [-0.15, -0.1) is 11.3 Å². The van der Waals surface area contributed by atoms with E-state index in [0.717, 1.165) is 33.0 Å². The first-order chi connectivity index (χ1) is 12.1. The number of rotatable bonds is 3. The largest absolute Gasteiger partial charge is 0.231 e. The summed E-state index contributed by atoms with van der Waals surface area (Å²) >= 11 is 5.07. The SMILES string of the molecule is Cc1csc(N2N=C(c3ccc(F)cc3)CC2c2ccc(Br)cc2)n1.